The van der Waals surface area contributed by atoms with Crippen molar-refractivity contribution in [2.45, 2.75) is 89.2 Å². The van der Waals surface area contributed by atoms with E-state index in [0.29, 0.717) is 17.4 Å². The lowest BCUT2D eigenvalue weighted by atomic mass is 9.64. The van der Waals surface area contributed by atoms with Crippen LogP contribution in [0.5, 0.6) is 0 Å². The molecule has 11 heteroatoms. The second-order valence-electron chi connectivity index (χ2n) is 13.8. The third-order valence-corrected chi connectivity index (χ3v) is 10.5. The maximum absolute atomic E-state index is 14.9. The van der Waals surface area contributed by atoms with Crippen molar-refractivity contribution in [1.29, 1.82) is 0 Å². The van der Waals surface area contributed by atoms with E-state index in [0.717, 1.165) is 5.56 Å². The number of furan rings is 1. The predicted molar refractivity (Wildman–Crippen MR) is 164 cm³/mol. The maximum atomic E-state index is 14.9. The van der Waals surface area contributed by atoms with E-state index in [9.17, 15) is 24.0 Å². The molecule has 0 N–H and O–H groups in total. The Morgan fingerprint density at radius 2 is 1.74 bits per heavy atom. The van der Waals surface area contributed by atoms with Gasteiger partial charge in [0, 0.05) is 29.9 Å². The number of benzene rings is 1. The van der Waals surface area contributed by atoms with Gasteiger partial charge in [0.25, 0.3) is 0 Å². The highest BCUT2D eigenvalue weighted by molar-refractivity contribution is 5.95. The molecule has 1 aliphatic carbocycles. The summed E-state index contributed by atoms with van der Waals surface area (Å²) in [4.78, 5) is 67.3. The van der Waals surface area contributed by atoms with Gasteiger partial charge in [-0.05, 0) is 50.5 Å². The van der Waals surface area contributed by atoms with Gasteiger partial charge in [-0.3, -0.25) is 14.4 Å². The summed E-state index contributed by atoms with van der Waals surface area (Å²) in [6, 6.07) is 10.8. The molecular weight excluding hydrogens is 608 g/mol. The Labute approximate surface area is 272 Å². The minimum Gasteiger partial charge on any atom is -0.472 e. The van der Waals surface area contributed by atoms with Gasteiger partial charge < -0.3 is 32.9 Å². The molecular formula is C36H38O11. The van der Waals surface area contributed by atoms with Crippen LogP contribution >= 0.6 is 0 Å². The molecule has 0 unspecified atom stereocenters. The largest absolute Gasteiger partial charge is 0.472 e. The number of hydrogen-bond acceptors (Lipinski definition) is 11. The van der Waals surface area contributed by atoms with Crippen molar-refractivity contribution in [3.8, 4) is 0 Å². The lowest BCUT2D eigenvalue weighted by molar-refractivity contribution is -0.254. The van der Waals surface area contributed by atoms with E-state index in [-0.39, 0.29) is 12.8 Å². The SMILES string of the molecule is C=C1[C@@H]2C[C@@]3(C)[C@H](c4ccoc4)OC(=O)C[C@]13O[C@H]1[C@@H](OC(C)=O)[C@@H](OC(=O)/C=C/c3ccccc3)C(C)(C)O[C@H](C=O)[C@@]1(C)C2=O. The number of ether oxygens (including phenoxy) is 5. The topological polar surface area (TPSA) is 145 Å². The van der Waals surface area contributed by atoms with E-state index >= 15 is 0 Å². The van der Waals surface area contributed by atoms with Gasteiger partial charge in [0.15, 0.2) is 18.0 Å². The summed E-state index contributed by atoms with van der Waals surface area (Å²) in [5, 5.41) is 0. The molecule has 6 rings (SSSR count). The highest BCUT2D eigenvalue weighted by Gasteiger charge is 2.75. The van der Waals surface area contributed by atoms with Crippen LogP contribution in [-0.2, 0) is 47.7 Å². The Morgan fingerprint density at radius 3 is 2.38 bits per heavy atom. The first-order valence-electron chi connectivity index (χ1n) is 15.5. The molecule has 3 aliphatic heterocycles. The van der Waals surface area contributed by atoms with E-state index in [1.807, 2.05) is 25.1 Å². The number of cyclic esters (lactones) is 1. The van der Waals surface area contributed by atoms with E-state index in [2.05, 4.69) is 6.58 Å². The first-order chi connectivity index (χ1) is 22.2. The van der Waals surface area contributed by atoms with Crippen molar-refractivity contribution < 1.29 is 52.1 Å². The summed E-state index contributed by atoms with van der Waals surface area (Å²) < 4.78 is 36.5. The lowest BCUT2D eigenvalue weighted by Crippen LogP contribution is -2.64. The molecule has 1 saturated carbocycles. The van der Waals surface area contributed by atoms with Crippen LogP contribution in [0.2, 0.25) is 0 Å². The minimum atomic E-state index is -1.76. The van der Waals surface area contributed by atoms with Crippen LogP contribution in [0.15, 0.2) is 71.6 Å². The Bertz CT molecular complexity index is 1640. The van der Waals surface area contributed by atoms with Crippen molar-refractivity contribution in [2.24, 2.45) is 16.7 Å². The molecule has 4 heterocycles. The van der Waals surface area contributed by atoms with Gasteiger partial charge in [-0.15, -0.1) is 0 Å². The average molecular weight is 647 g/mol. The van der Waals surface area contributed by atoms with Gasteiger partial charge >= 0.3 is 17.9 Å². The fourth-order valence-electron chi connectivity index (χ4n) is 8.09. The zero-order valence-corrected chi connectivity index (χ0v) is 26.9. The molecule has 248 valence electrons. The van der Waals surface area contributed by atoms with Crippen LogP contribution in [-0.4, -0.2) is 65.6 Å². The number of rotatable bonds is 6. The van der Waals surface area contributed by atoms with Gasteiger partial charge in [0.05, 0.1) is 24.4 Å². The zero-order valence-electron chi connectivity index (χ0n) is 26.9. The monoisotopic (exact) mass is 646 g/mol. The average Bonchev–Trinajstić information content (AvgIpc) is 3.61. The first-order valence-corrected chi connectivity index (χ1v) is 15.5. The van der Waals surface area contributed by atoms with Crippen LogP contribution in [0.3, 0.4) is 0 Å². The van der Waals surface area contributed by atoms with E-state index < -0.39 is 82.2 Å². The molecule has 1 aromatic carbocycles. The van der Waals surface area contributed by atoms with E-state index in [1.54, 1.807) is 38.1 Å². The predicted octanol–water partition coefficient (Wildman–Crippen LogP) is 4.50. The first kappa shape index (κ1) is 32.6. The summed E-state index contributed by atoms with van der Waals surface area (Å²) >= 11 is 0. The van der Waals surface area contributed by atoms with Crippen LogP contribution in [0, 0.1) is 16.7 Å². The summed E-state index contributed by atoms with van der Waals surface area (Å²) in [5.74, 6) is -3.43. The Hall–Kier alpha value is -4.35. The lowest BCUT2D eigenvalue weighted by Gasteiger charge is -2.54. The highest BCUT2D eigenvalue weighted by atomic mass is 16.6. The van der Waals surface area contributed by atoms with Gasteiger partial charge in [-0.1, -0.05) is 43.8 Å². The molecule has 3 saturated heterocycles. The van der Waals surface area contributed by atoms with Crippen molar-refractivity contribution >= 4 is 36.1 Å². The maximum Gasteiger partial charge on any atom is 0.331 e. The summed E-state index contributed by atoms with van der Waals surface area (Å²) in [6.45, 7) is 12.0. The van der Waals surface area contributed by atoms with Crippen molar-refractivity contribution in [3.63, 3.8) is 0 Å². The summed E-state index contributed by atoms with van der Waals surface area (Å²) in [7, 11) is 0. The van der Waals surface area contributed by atoms with E-state index in [4.69, 9.17) is 28.1 Å². The zero-order chi connectivity index (χ0) is 33.9. The number of fused-ring (bicyclic) bond motifs is 2. The van der Waals surface area contributed by atoms with Gasteiger partial charge in [-0.2, -0.15) is 0 Å². The van der Waals surface area contributed by atoms with Gasteiger partial charge in [0.2, 0.25) is 0 Å². The summed E-state index contributed by atoms with van der Waals surface area (Å²) in [5.41, 5.74) is -4.10. The number of aldehydes is 1. The van der Waals surface area contributed by atoms with Gasteiger partial charge in [-0.25, -0.2) is 4.79 Å². The van der Waals surface area contributed by atoms with Crippen molar-refractivity contribution in [2.75, 3.05) is 0 Å². The molecule has 0 amide bonds. The number of hydrogen-bond donors (Lipinski definition) is 0. The van der Waals surface area contributed by atoms with Gasteiger partial charge in [0.1, 0.15) is 35.8 Å². The molecule has 1 spiro atoms. The number of carbonyl (C=O) groups is 5. The molecule has 47 heavy (non-hydrogen) atoms. The molecule has 1 aromatic heterocycles. The third kappa shape index (κ3) is 4.98. The number of carbonyl (C=O) groups excluding carboxylic acids is 5. The fraction of sp³-hybridized carbons (Fsp3) is 0.472. The van der Waals surface area contributed by atoms with Crippen LogP contribution in [0.25, 0.3) is 6.08 Å². The molecule has 0 radical (unpaired) electrons. The highest BCUT2D eigenvalue weighted by Crippen LogP contribution is 2.68. The Balaban J connectivity index is 1.50. The van der Waals surface area contributed by atoms with Crippen LogP contribution in [0.1, 0.15) is 64.7 Å². The normalized spacial score (nSPS) is 37.6. The number of esters is 3. The summed E-state index contributed by atoms with van der Waals surface area (Å²) in [6.07, 6.45) is -0.397. The second kappa shape index (κ2) is 11.4. The Kier molecular flexibility index (Phi) is 7.91. The number of ketones is 1. The van der Waals surface area contributed by atoms with E-state index in [1.165, 1.54) is 32.4 Å². The molecule has 11 nitrogen and oxygen atoms in total. The quantitative estimate of drug-likeness (QED) is 0.144. The third-order valence-electron chi connectivity index (χ3n) is 10.5. The number of Topliss-reactive ketones (excluding diaryl/α,β-unsaturated/α-hetero) is 1. The fourth-order valence-corrected chi connectivity index (χ4v) is 8.09. The second-order valence-corrected chi connectivity index (χ2v) is 13.8. The van der Waals surface area contributed by atoms with Crippen LogP contribution < -0.4 is 0 Å². The molecule has 2 aromatic rings. The van der Waals surface area contributed by atoms with Crippen LogP contribution in [0.4, 0.5) is 0 Å². The standard InChI is InChI=1S/C36H38O11/c1-20-24-16-34(5)30(23-14-15-42-19-23)45-27(40)17-36(20,34)47-32-28(43-21(2)38)31(44-26(39)13-12-22-10-8-7-9-11-22)33(3,4)46-25(18-37)35(32,6)29(24)41/h7-15,18-19,24-25,28,30-32H,1,16-17H2,2-6H3/b13-12+/t24-,25+,28-,30-,31+,32-,34-,35-,36-/m0/s1. The molecule has 9 atom stereocenters. The van der Waals surface area contributed by atoms with Crippen molar-refractivity contribution in [3.05, 3.63) is 78.3 Å². The molecule has 4 aliphatic rings. The molecule has 2 bridgehead atoms. The minimum absolute atomic E-state index is 0.187. The smallest absolute Gasteiger partial charge is 0.331 e. The molecule has 4 fully saturated rings. The van der Waals surface area contributed by atoms with Crippen molar-refractivity contribution in [1.82, 2.24) is 0 Å². The Morgan fingerprint density at radius 1 is 1.02 bits per heavy atom.